The molecule has 8 heteroatoms. The molecule has 2 aliphatic heterocycles. The number of rotatable bonds is 3. The summed E-state index contributed by atoms with van der Waals surface area (Å²) in [5.41, 5.74) is 2.03. The largest absolute Gasteiger partial charge is 0.393 e. The van der Waals surface area contributed by atoms with E-state index in [1.165, 1.54) is 0 Å². The number of hydrogen-bond acceptors (Lipinski definition) is 4. The summed E-state index contributed by atoms with van der Waals surface area (Å²) in [6.45, 7) is 1.12. The molecular formula is C12H20F3N3O2. The molecule has 2 aliphatic rings. The molecule has 0 spiro atoms. The lowest BCUT2D eigenvalue weighted by molar-refractivity contribution is -0.187. The van der Waals surface area contributed by atoms with E-state index in [1.807, 2.05) is 5.43 Å². The number of hydrogen-bond donors (Lipinski definition) is 2. The van der Waals surface area contributed by atoms with Crippen LogP contribution in [0.5, 0.6) is 0 Å². The molecule has 2 fully saturated rings. The molecule has 0 aliphatic carbocycles. The van der Waals surface area contributed by atoms with E-state index in [0.717, 1.165) is 0 Å². The Morgan fingerprint density at radius 1 is 1.35 bits per heavy atom. The van der Waals surface area contributed by atoms with Crippen molar-refractivity contribution in [2.24, 2.45) is 11.8 Å². The van der Waals surface area contributed by atoms with Gasteiger partial charge in [0.15, 0.2) is 0 Å². The fourth-order valence-electron chi connectivity index (χ4n) is 2.90. The summed E-state index contributed by atoms with van der Waals surface area (Å²) in [4.78, 5) is 13.1. The Kier molecular flexibility index (Phi) is 4.87. The van der Waals surface area contributed by atoms with Crippen LogP contribution in [0.4, 0.5) is 13.2 Å². The van der Waals surface area contributed by atoms with Crippen molar-refractivity contribution in [3.05, 3.63) is 0 Å². The third-order valence-electron chi connectivity index (χ3n) is 3.97. The lowest BCUT2D eigenvalue weighted by Gasteiger charge is -2.34. The van der Waals surface area contributed by atoms with Crippen LogP contribution in [0, 0.1) is 5.92 Å². The summed E-state index contributed by atoms with van der Waals surface area (Å²) in [5, 5.41) is 0. The van der Waals surface area contributed by atoms with Crippen LogP contribution in [0.15, 0.2) is 0 Å². The van der Waals surface area contributed by atoms with Gasteiger partial charge in [0.05, 0.1) is 12.0 Å². The highest BCUT2D eigenvalue weighted by atomic mass is 19.4. The fourth-order valence-corrected chi connectivity index (χ4v) is 2.90. The number of carbonyl (C=O) groups is 1. The molecule has 0 aromatic carbocycles. The van der Waals surface area contributed by atoms with Crippen LogP contribution in [0.2, 0.25) is 0 Å². The molecule has 0 radical (unpaired) electrons. The Bertz CT molecular complexity index is 351. The van der Waals surface area contributed by atoms with Crippen molar-refractivity contribution in [2.75, 3.05) is 19.6 Å². The maximum atomic E-state index is 12.7. The quantitative estimate of drug-likeness (QED) is 0.459. The van der Waals surface area contributed by atoms with E-state index >= 15 is 0 Å². The highest BCUT2D eigenvalue weighted by Crippen LogP contribution is 2.33. The number of hydrazine groups is 1. The number of halogens is 3. The molecule has 116 valence electrons. The minimum absolute atomic E-state index is 0.0249. The molecule has 1 amide bonds. The lowest BCUT2D eigenvalue weighted by Crippen LogP contribution is -2.45. The van der Waals surface area contributed by atoms with Crippen molar-refractivity contribution in [3.8, 4) is 0 Å². The Morgan fingerprint density at radius 3 is 2.75 bits per heavy atom. The minimum atomic E-state index is -4.13. The van der Waals surface area contributed by atoms with Crippen LogP contribution in [0.1, 0.15) is 25.7 Å². The van der Waals surface area contributed by atoms with E-state index in [9.17, 15) is 18.0 Å². The molecule has 0 saturated carbocycles. The Balaban J connectivity index is 1.81. The van der Waals surface area contributed by atoms with E-state index in [-0.39, 0.29) is 25.0 Å². The Labute approximate surface area is 115 Å². The summed E-state index contributed by atoms with van der Waals surface area (Å²) in [6, 6.07) is 0. The highest BCUT2D eigenvalue weighted by molar-refractivity contribution is 5.80. The van der Waals surface area contributed by atoms with Gasteiger partial charge in [-0.1, -0.05) is 0 Å². The monoisotopic (exact) mass is 295 g/mol. The molecule has 3 atom stereocenters. The molecule has 2 rings (SSSR count). The molecule has 0 aromatic heterocycles. The topological polar surface area (TPSA) is 67.6 Å². The van der Waals surface area contributed by atoms with Gasteiger partial charge >= 0.3 is 6.18 Å². The average Bonchev–Trinajstić information content (AvgIpc) is 2.85. The van der Waals surface area contributed by atoms with E-state index in [2.05, 4.69) is 0 Å². The number of nitrogens with zero attached hydrogens (tertiary/aromatic N) is 1. The predicted octanol–water partition coefficient (Wildman–Crippen LogP) is 0.798. The second kappa shape index (κ2) is 6.28. The summed E-state index contributed by atoms with van der Waals surface area (Å²) in [7, 11) is 0. The van der Waals surface area contributed by atoms with Crippen molar-refractivity contribution in [3.63, 3.8) is 0 Å². The van der Waals surface area contributed by atoms with Crippen molar-refractivity contribution in [2.45, 2.75) is 44.1 Å². The van der Waals surface area contributed by atoms with Gasteiger partial charge in [0.1, 0.15) is 6.10 Å². The maximum absolute atomic E-state index is 12.7. The van der Waals surface area contributed by atoms with E-state index < -0.39 is 18.2 Å². The number of amides is 1. The Morgan fingerprint density at radius 2 is 2.10 bits per heavy atom. The third kappa shape index (κ3) is 3.83. The summed E-state index contributed by atoms with van der Waals surface area (Å²) in [5.74, 6) is 3.41. The SMILES string of the molecule is NNC(=O)C1CCC(CN2CCCC(C(F)(F)F)C2)O1. The van der Waals surface area contributed by atoms with Crippen molar-refractivity contribution >= 4 is 5.91 Å². The van der Waals surface area contributed by atoms with Gasteiger partial charge in [0, 0.05) is 13.1 Å². The molecule has 20 heavy (non-hydrogen) atoms. The van der Waals surface area contributed by atoms with Gasteiger partial charge in [-0.25, -0.2) is 5.84 Å². The number of nitrogens with two attached hydrogens (primary N) is 1. The zero-order chi connectivity index (χ0) is 14.8. The molecule has 0 bridgehead atoms. The first-order chi connectivity index (χ1) is 9.40. The van der Waals surface area contributed by atoms with E-state index in [4.69, 9.17) is 10.6 Å². The standard InChI is InChI=1S/C12H20F3N3O2/c13-12(14,15)8-2-1-5-18(6-8)7-9-3-4-10(20-9)11(19)17-16/h8-10H,1-7,16H2,(H,17,19). The van der Waals surface area contributed by atoms with E-state index in [0.29, 0.717) is 32.4 Å². The molecular weight excluding hydrogens is 275 g/mol. The molecule has 2 heterocycles. The van der Waals surface area contributed by atoms with Crippen molar-refractivity contribution in [1.29, 1.82) is 0 Å². The van der Waals surface area contributed by atoms with Crippen LogP contribution >= 0.6 is 0 Å². The number of alkyl halides is 3. The second-order valence-corrected chi connectivity index (χ2v) is 5.47. The summed E-state index contributed by atoms with van der Waals surface area (Å²) < 4.78 is 43.7. The predicted molar refractivity (Wildman–Crippen MR) is 65.4 cm³/mol. The van der Waals surface area contributed by atoms with Gasteiger partial charge in [0.2, 0.25) is 0 Å². The van der Waals surface area contributed by atoms with Gasteiger partial charge in [-0.3, -0.25) is 10.2 Å². The van der Waals surface area contributed by atoms with E-state index in [1.54, 1.807) is 4.90 Å². The van der Waals surface area contributed by atoms with Gasteiger partial charge < -0.3 is 9.64 Å². The molecule has 3 unspecified atom stereocenters. The number of carbonyl (C=O) groups excluding carboxylic acids is 1. The second-order valence-electron chi connectivity index (χ2n) is 5.47. The number of likely N-dealkylation sites (tertiary alicyclic amines) is 1. The van der Waals surface area contributed by atoms with Crippen LogP contribution in [0.25, 0.3) is 0 Å². The number of piperidine rings is 1. The Hall–Kier alpha value is -0.860. The van der Waals surface area contributed by atoms with Crippen LogP contribution in [-0.4, -0.2) is 48.8 Å². The van der Waals surface area contributed by atoms with Crippen LogP contribution in [-0.2, 0) is 9.53 Å². The van der Waals surface area contributed by atoms with Gasteiger partial charge in [-0.15, -0.1) is 0 Å². The first-order valence-electron chi connectivity index (χ1n) is 6.85. The first kappa shape index (κ1) is 15.5. The third-order valence-corrected chi connectivity index (χ3v) is 3.97. The molecule has 3 N–H and O–H groups in total. The number of ether oxygens (including phenoxy) is 1. The zero-order valence-electron chi connectivity index (χ0n) is 11.2. The van der Waals surface area contributed by atoms with Gasteiger partial charge in [-0.2, -0.15) is 13.2 Å². The van der Waals surface area contributed by atoms with Crippen molar-refractivity contribution < 1.29 is 22.7 Å². The van der Waals surface area contributed by atoms with Crippen LogP contribution in [0.3, 0.4) is 0 Å². The van der Waals surface area contributed by atoms with Gasteiger partial charge in [-0.05, 0) is 32.2 Å². The normalized spacial score (nSPS) is 32.3. The average molecular weight is 295 g/mol. The lowest BCUT2D eigenvalue weighted by atomic mass is 9.97. The van der Waals surface area contributed by atoms with Crippen LogP contribution < -0.4 is 11.3 Å². The minimum Gasteiger partial charge on any atom is -0.364 e. The van der Waals surface area contributed by atoms with Gasteiger partial charge in [0.25, 0.3) is 5.91 Å². The highest BCUT2D eigenvalue weighted by Gasteiger charge is 2.42. The summed E-state index contributed by atoms with van der Waals surface area (Å²) >= 11 is 0. The number of nitrogens with one attached hydrogen (secondary N) is 1. The molecule has 2 saturated heterocycles. The molecule has 0 aromatic rings. The summed E-state index contributed by atoms with van der Waals surface area (Å²) in [6.07, 6.45) is -2.92. The fraction of sp³-hybridized carbons (Fsp3) is 0.917. The zero-order valence-corrected chi connectivity index (χ0v) is 11.2. The smallest absolute Gasteiger partial charge is 0.364 e. The first-order valence-corrected chi connectivity index (χ1v) is 6.85. The maximum Gasteiger partial charge on any atom is 0.393 e. The van der Waals surface area contributed by atoms with Crippen molar-refractivity contribution in [1.82, 2.24) is 10.3 Å². The molecule has 5 nitrogen and oxygen atoms in total.